The lowest BCUT2D eigenvalue weighted by molar-refractivity contribution is -0.909. The van der Waals surface area contributed by atoms with Gasteiger partial charge in [-0.1, -0.05) is 0 Å². The Hall–Kier alpha value is -0.650. The predicted octanol–water partition coefficient (Wildman–Crippen LogP) is -0.313. The van der Waals surface area contributed by atoms with Crippen LogP contribution in [-0.4, -0.2) is 66.2 Å². The third kappa shape index (κ3) is 3.44. The number of ether oxygens (including phenoxy) is 1. The smallest absolute Gasteiger partial charge is 0.306 e. The van der Waals surface area contributed by atoms with Gasteiger partial charge in [0.1, 0.15) is 24.8 Å². The fraction of sp³-hybridized carbons (Fsp3) is 0.900. The first-order chi connectivity index (χ1) is 6.76. The molecule has 0 amide bonds. The van der Waals surface area contributed by atoms with Crippen LogP contribution in [0.4, 0.5) is 0 Å². The SMILES string of the molecule is C[C@]1(CO)C[N+](C)(C)C[C@H](CC(=O)O)O1. The van der Waals surface area contributed by atoms with Crippen molar-refractivity contribution in [1.82, 2.24) is 0 Å². The molecule has 1 heterocycles. The Morgan fingerprint density at radius 3 is 2.67 bits per heavy atom. The molecule has 0 unspecified atom stereocenters. The highest BCUT2D eigenvalue weighted by Crippen LogP contribution is 2.25. The largest absolute Gasteiger partial charge is 0.481 e. The molecule has 0 radical (unpaired) electrons. The number of likely N-dealkylation sites (N-methyl/N-ethyl adjacent to an activating group) is 1. The van der Waals surface area contributed by atoms with E-state index in [-0.39, 0.29) is 19.1 Å². The van der Waals surface area contributed by atoms with E-state index in [4.69, 9.17) is 9.84 Å². The van der Waals surface area contributed by atoms with E-state index in [9.17, 15) is 9.90 Å². The van der Waals surface area contributed by atoms with Gasteiger partial charge in [-0.15, -0.1) is 0 Å². The molecule has 15 heavy (non-hydrogen) atoms. The lowest BCUT2D eigenvalue weighted by Crippen LogP contribution is -2.62. The van der Waals surface area contributed by atoms with Crippen LogP contribution in [0.25, 0.3) is 0 Å². The van der Waals surface area contributed by atoms with E-state index in [1.807, 2.05) is 21.0 Å². The number of aliphatic hydroxyl groups excluding tert-OH is 1. The number of carbonyl (C=O) groups is 1. The molecule has 1 aliphatic heterocycles. The zero-order valence-electron chi connectivity index (χ0n) is 9.56. The second-order valence-electron chi connectivity index (χ2n) is 5.22. The summed E-state index contributed by atoms with van der Waals surface area (Å²) >= 11 is 0. The molecule has 5 heteroatoms. The number of carboxylic acids is 1. The molecule has 0 aliphatic carbocycles. The lowest BCUT2D eigenvalue weighted by Gasteiger charge is -2.46. The van der Waals surface area contributed by atoms with E-state index in [1.54, 1.807) is 0 Å². The topological polar surface area (TPSA) is 66.8 Å². The molecule has 5 nitrogen and oxygen atoms in total. The fourth-order valence-corrected chi connectivity index (χ4v) is 2.39. The molecule has 2 atom stereocenters. The van der Waals surface area contributed by atoms with Gasteiger partial charge in [-0.3, -0.25) is 4.79 Å². The maximum Gasteiger partial charge on any atom is 0.306 e. The first-order valence-corrected chi connectivity index (χ1v) is 5.09. The normalized spacial score (nSPS) is 35.1. The number of nitrogens with zero attached hydrogens (tertiary/aromatic N) is 1. The zero-order chi connectivity index (χ0) is 11.7. The van der Waals surface area contributed by atoms with Gasteiger partial charge in [0.2, 0.25) is 0 Å². The van der Waals surface area contributed by atoms with Gasteiger partial charge in [-0.05, 0) is 6.92 Å². The molecule has 0 saturated carbocycles. The summed E-state index contributed by atoms with van der Waals surface area (Å²) in [6, 6.07) is 0. The van der Waals surface area contributed by atoms with Crippen molar-refractivity contribution in [1.29, 1.82) is 0 Å². The summed E-state index contributed by atoms with van der Waals surface area (Å²) < 4.78 is 6.30. The molecular weight excluding hydrogens is 198 g/mol. The molecule has 88 valence electrons. The van der Waals surface area contributed by atoms with Gasteiger partial charge in [0, 0.05) is 0 Å². The maximum atomic E-state index is 10.6. The summed E-state index contributed by atoms with van der Waals surface area (Å²) in [5.41, 5.74) is -0.623. The van der Waals surface area contributed by atoms with Crippen molar-refractivity contribution in [2.45, 2.75) is 25.0 Å². The molecule has 0 spiro atoms. The minimum Gasteiger partial charge on any atom is -0.481 e. The summed E-state index contributed by atoms with van der Waals surface area (Å²) in [6.45, 7) is 3.10. The van der Waals surface area contributed by atoms with Crippen molar-refractivity contribution in [3.63, 3.8) is 0 Å². The van der Waals surface area contributed by atoms with E-state index in [1.165, 1.54) is 0 Å². The fourth-order valence-electron chi connectivity index (χ4n) is 2.39. The Balaban J connectivity index is 2.72. The quantitative estimate of drug-likeness (QED) is 0.638. The Labute approximate surface area is 89.9 Å². The van der Waals surface area contributed by atoms with Crippen LogP contribution < -0.4 is 0 Å². The number of morpholine rings is 1. The van der Waals surface area contributed by atoms with Gasteiger partial charge in [0.15, 0.2) is 0 Å². The molecular formula is C10H20NO4+. The second kappa shape index (κ2) is 4.08. The average Bonchev–Trinajstić information content (AvgIpc) is 1.98. The third-order valence-electron chi connectivity index (χ3n) is 2.65. The van der Waals surface area contributed by atoms with E-state index in [0.29, 0.717) is 17.6 Å². The van der Waals surface area contributed by atoms with Gasteiger partial charge in [0.25, 0.3) is 0 Å². The van der Waals surface area contributed by atoms with Crippen molar-refractivity contribution < 1.29 is 24.2 Å². The second-order valence-corrected chi connectivity index (χ2v) is 5.22. The minimum absolute atomic E-state index is 0.00271. The number of aliphatic hydroxyl groups is 1. The Morgan fingerprint density at radius 2 is 2.20 bits per heavy atom. The van der Waals surface area contributed by atoms with E-state index < -0.39 is 11.6 Å². The van der Waals surface area contributed by atoms with E-state index >= 15 is 0 Å². The van der Waals surface area contributed by atoms with Crippen molar-refractivity contribution in [3.8, 4) is 0 Å². The summed E-state index contributed by atoms with van der Waals surface area (Å²) in [5.74, 6) is -0.859. The van der Waals surface area contributed by atoms with E-state index in [0.717, 1.165) is 0 Å². The lowest BCUT2D eigenvalue weighted by atomic mass is 10.0. The maximum absolute atomic E-state index is 10.6. The molecule has 0 bridgehead atoms. The van der Waals surface area contributed by atoms with Crippen molar-refractivity contribution in [3.05, 3.63) is 0 Å². The minimum atomic E-state index is -0.859. The van der Waals surface area contributed by atoms with Crippen LogP contribution in [0.2, 0.25) is 0 Å². The van der Waals surface area contributed by atoms with Crippen LogP contribution in [-0.2, 0) is 9.53 Å². The molecule has 1 saturated heterocycles. The molecule has 1 fully saturated rings. The van der Waals surface area contributed by atoms with Gasteiger partial charge in [-0.2, -0.15) is 0 Å². The van der Waals surface area contributed by atoms with Gasteiger partial charge in [0.05, 0.1) is 27.1 Å². The number of quaternary nitrogens is 1. The number of hydrogen-bond donors (Lipinski definition) is 2. The first kappa shape index (κ1) is 12.4. The van der Waals surface area contributed by atoms with E-state index in [2.05, 4.69) is 0 Å². The van der Waals surface area contributed by atoms with Crippen molar-refractivity contribution in [2.75, 3.05) is 33.8 Å². The number of aliphatic carboxylic acids is 1. The first-order valence-electron chi connectivity index (χ1n) is 5.09. The average molecular weight is 218 g/mol. The summed E-state index contributed by atoms with van der Waals surface area (Å²) in [7, 11) is 4.04. The summed E-state index contributed by atoms with van der Waals surface area (Å²) in [4.78, 5) is 10.6. The Morgan fingerprint density at radius 1 is 1.60 bits per heavy atom. The molecule has 0 aromatic rings. The number of rotatable bonds is 3. The Kier molecular flexibility index (Phi) is 3.38. The van der Waals surface area contributed by atoms with Crippen LogP contribution in [0, 0.1) is 0 Å². The highest BCUT2D eigenvalue weighted by Gasteiger charge is 2.43. The number of carboxylic acid groups (broad SMARTS) is 1. The van der Waals surface area contributed by atoms with Gasteiger partial charge < -0.3 is 19.4 Å². The van der Waals surface area contributed by atoms with Crippen molar-refractivity contribution >= 4 is 5.97 Å². The van der Waals surface area contributed by atoms with Crippen LogP contribution in [0.3, 0.4) is 0 Å². The Bertz CT molecular complexity index is 254. The third-order valence-corrected chi connectivity index (χ3v) is 2.65. The van der Waals surface area contributed by atoms with Crippen LogP contribution >= 0.6 is 0 Å². The van der Waals surface area contributed by atoms with Gasteiger partial charge >= 0.3 is 5.97 Å². The molecule has 0 aromatic carbocycles. The van der Waals surface area contributed by atoms with Crippen LogP contribution in [0.1, 0.15) is 13.3 Å². The predicted molar refractivity (Wildman–Crippen MR) is 54.5 cm³/mol. The summed E-state index contributed by atoms with van der Waals surface area (Å²) in [5, 5.41) is 18.0. The monoisotopic (exact) mass is 218 g/mol. The highest BCUT2D eigenvalue weighted by molar-refractivity contribution is 5.67. The molecule has 0 aromatic heterocycles. The molecule has 1 rings (SSSR count). The van der Waals surface area contributed by atoms with Gasteiger partial charge in [-0.25, -0.2) is 0 Å². The van der Waals surface area contributed by atoms with Crippen LogP contribution in [0.5, 0.6) is 0 Å². The zero-order valence-corrected chi connectivity index (χ0v) is 9.56. The van der Waals surface area contributed by atoms with Crippen molar-refractivity contribution in [2.24, 2.45) is 0 Å². The standard InChI is InChI=1S/C10H19NO4/c1-10(7-12)6-11(2,3)5-8(15-10)4-9(13)14/h8,12H,4-7H2,1-3H3/p+1/t8-,10+/m0/s1. The van der Waals surface area contributed by atoms with Crippen LogP contribution in [0.15, 0.2) is 0 Å². The number of hydrogen-bond acceptors (Lipinski definition) is 3. The molecule has 1 aliphatic rings. The molecule has 2 N–H and O–H groups in total. The summed E-state index contributed by atoms with van der Waals surface area (Å²) in [6.07, 6.45) is -0.319. The highest BCUT2D eigenvalue weighted by atomic mass is 16.5.